The molecule has 2 rings (SSSR count). The molecule has 0 spiro atoms. The third kappa shape index (κ3) is 1.66. The van der Waals surface area contributed by atoms with Gasteiger partial charge in [-0.05, 0) is 19.3 Å². The SMILES string of the molecule is CN1C(=O)CCC(NC2CCC2)C1=O. The summed E-state index contributed by atoms with van der Waals surface area (Å²) < 4.78 is 0. The summed E-state index contributed by atoms with van der Waals surface area (Å²) in [6, 6.07) is 0.383. The van der Waals surface area contributed by atoms with E-state index in [2.05, 4.69) is 5.32 Å². The van der Waals surface area contributed by atoms with Gasteiger partial charge < -0.3 is 5.32 Å². The van der Waals surface area contributed by atoms with Crippen molar-refractivity contribution in [3.8, 4) is 0 Å². The summed E-state index contributed by atoms with van der Waals surface area (Å²) in [5.74, 6) is -0.116. The molecule has 0 aromatic heterocycles. The Hall–Kier alpha value is -0.900. The van der Waals surface area contributed by atoms with Crippen LogP contribution in [0.3, 0.4) is 0 Å². The molecule has 1 saturated heterocycles. The standard InChI is InChI=1S/C10H16N2O2/c1-12-9(13)6-5-8(10(12)14)11-7-3-2-4-7/h7-8,11H,2-6H2,1H3. The summed E-state index contributed by atoms with van der Waals surface area (Å²) in [5, 5.41) is 3.31. The number of hydrogen-bond acceptors (Lipinski definition) is 3. The van der Waals surface area contributed by atoms with Gasteiger partial charge in [-0.3, -0.25) is 14.5 Å². The van der Waals surface area contributed by atoms with E-state index in [1.807, 2.05) is 0 Å². The minimum absolute atomic E-state index is 0.0540. The fraction of sp³-hybridized carbons (Fsp3) is 0.800. The van der Waals surface area contributed by atoms with Gasteiger partial charge in [0.15, 0.2) is 0 Å². The largest absolute Gasteiger partial charge is 0.303 e. The highest BCUT2D eigenvalue weighted by molar-refractivity contribution is 6.00. The van der Waals surface area contributed by atoms with Crippen LogP contribution in [0, 0.1) is 0 Å². The van der Waals surface area contributed by atoms with Crippen molar-refractivity contribution < 1.29 is 9.59 Å². The van der Waals surface area contributed by atoms with Crippen molar-refractivity contribution in [3.63, 3.8) is 0 Å². The lowest BCUT2D eigenvalue weighted by atomic mass is 9.91. The monoisotopic (exact) mass is 196 g/mol. The summed E-state index contributed by atoms with van der Waals surface area (Å²) in [6.07, 6.45) is 4.75. The molecule has 4 nitrogen and oxygen atoms in total. The Morgan fingerprint density at radius 2 is 2.00 bits per heavy atom. The van der Waals surface area contributed by atoms with Crippen LogP contribution in [-0.2, 0) is 9.59 Å². The Balaban J connectivity index is 1.92. The summed E-state index contributed by atoms with van der Waals surface area (Å²) in [6.45, 7) is 0. The van der Waals surface area contributed by atoms with Crippen LogP contribution >= 0.6 is 0 Å². The Morgan fingerprint density at radius 3 is 2.57 bits per heavy atom. The lowest BCUT2D eigenvalue weighted by molar-refractivity contribution is -0.148. The van der Waals surface area contributed by atoms with E-state index < -0.39 is 0 Å². The van der Waals surface area contributed by atoms with Gasteiger partial charge in [0.05, 0.1) is 6.04 Å². The van der Waals surface area contributed by atoms with E-state index in [-0.39, 0.29) is 17.9 Å². The Bertz CT molecular complexity index is 261. The minimum atomic E-state index is -0.122. The predicted octanol–water partition coefficient (Wildman–Crippen LogP) is 0.276. The van der Waals surface area contributed by atoms with Crippen LogP contribution in [0.15, 0.2) is 0 Å². The van der Waals surface area contributed by atoms with Crippen LogP contribution in [0.5, 0.6) is 0 Å². The third-order valence-corrected chi connectivity index (χ3v) is 3.19. The maximum absolute atomic E-state index is 11.7. The van der Waals surface area contributed by atoms with Crippen molar-refractivity contribution in [3.05, 3.63) is 0 Å². The quantitative estimate of drug-likeness (QED) is 0.645. The second kappa shape index (κ2) is 3.69. The Morgan fingerprint density at radius 1 is 1.29 bits per heavy atom. The van der Waals surface area contributed by atoms with E-state index >= 15 is 0 Å². The van der Waals surface area contributed by atoms with Gasteiger partial charge in [0.25, 0.3) is 0 Å². The minimum Gasteiger partial charge on any atom is -0.303 e. The van der Waals surface area contributed by atoms with E-state index in [4.69, 9.17) is 0 Å². The van der Waals surface area contributed by atoms with Crippen LogP contribution in [0.25, 0.3) is 0 Å². The number of likely N-dealkylation sites (tertiary alicyclic amines) is 1. The number of hydrogen-bond donors (Lipinski definition) is 1. The molecule has 0 bridgehead atoms. The highest BCUT2D eigenvalue weighted by Gasteiger charge is 2.33. The smallest absolute Gasteiger partial charge is 0.246 e. The number of rotatable bonds is 2. The van der Waals surface area contributed by atoms with E-state index in [1.165, 1.54) is 24.2 Å². The number of carbonyl (C=O) groups excluding carboxylic acids is 2. The van der Waals surface area contributed by atoms with Crippen molar-refractivity contribution >= 4 is 11.8 Å². The van der Waals surface area contributed by atoms with Crippen LogP contribution < -0.4 is 5.32 Å². The van der Waals surface area contributed by atoms with Gasteiger partial charge in [-0.2, -0.15) is 0 Å². The number of amides is 2. The first kappa shape index (κ1) is 9.65. The first-order valence-electron chi connectivity index (χ1n) is 5.25. The molecule has 1 aliphatic carbocycles. The summed E-state index contributed by atoms with van der Waals surface area (Å²) >= 11 is 0. The maximum Gasteiger partial charge on any atom is 0.246 e. The number of piperidine rings is 1. The van der Waals surface area contributed by atoms with Gasteiger partial charge in [-0.1, -0.05) is 6.42 Å². The molecular formula is C10H16N2O2. The second-order valence-electron chi connectivity index (χ2n) is 4.18. The number of carbonyl (C=O) groups is 2. The van der Waals surface area contributed by atoms with Crippen LogP contribution in [0.4, 0.5) is 0 Å². The fourth-order valence-corrected chi connectivity index (χ4v) is 1.93. The predicted molar refractivity (Wildman–Crippen MR) is 51.6 cm³/mol. The molecule has 0 aromatic rings. The first-order chi connectivity index (χ1) is 6.68. The molecule has 1 aliphatic heterocycles. The molecule has 78 valence electrons. The topological polar surface area (TPSA) is 49.4 Å². The van der Waals surface area contributed by atoms with E-state index in [9.17, 15) is 9.59 Å². The molecule has 2 aliphatic rings. The van der Waals surface area contributed by atoms with E-state index in [0.717, 1.165) is 0 Å². The van der Waals surface area contributed by atoms with Gasteiger partial charge in [0, 0.05) is 19.5 Å². The van der Waals surface area contributed by atoms with Crippen molar-refractivity contribution in [1.82, 2.24) is 10.2 Å². The fourth-order valence-electron chi connectivity index (χ4n) is 1.93. The molecule has 1 atom stereocenters. The first-order valence-corrected chi connectivity index (χ1v) is 5.25. The maximum atomic E-state index is 11.7. The molecule has 0 aromatic carbocycles. The zero-order valence-electron chi connectivity index (χ0n) is 8.45. The lowest BCUT2D eigenvalue weighted by Crippen LogP contribution is -2.55. The van der Waals surface area contributed by atoms with Crippen LogP contribution in [0.1, 0.15) is 32.1 Å². The number of imide groups is 1. The van der Waals surface area contributed by atoms with Crippen molar-refractivity contribution in [2.75, 3.05) is 7.05 Å². The third-order valence-electron chi connectivity index (χ3n) is 3.19. The number of likely N-dealkylation sites (N-methyl/N-ethyl adjacent to an activating group) is 1. The molecule has 0 radical (unpaired) electrons. The highest BCUT2D eigenvalue weighted by atomic mass is 16.2. The van der Waals surface area contributed by atoms with Crippen molar-refractivity contribution in [2.45, 2.75) is 44.2 Å². The Labute approximate surface area is 83.6 Å². The van der Waals surface area contributed by atoms with Gasteiger partial charge in [0.1, 0.15) is 0 Å². The molecule has 1 unspecified atom stereocenters. The summed E-state index contributed by atoms with van der Waals surface area (Å²) in [7, 11) is 1.57. The average Bonchev–Trinajstić information content (AvgIpc) is 2.10. The molecule has 1 saturated carbocycles. The number of nitrogens with one attached hydrogen (secondary N) is 1. The molecule has 4 heteroatoms. The molecule has 1 N–H and O–H groups in total. The zero-order valence-corrected chi connectivity index (χ0v) is 8.45. The molecule has 2 fully saturated rings. The van der Waals surface area contributed by atoms with Gasteiger partial charge in [0.2, 0.25) is 11.8 Å². The Kier molecular flexibility index (Phi) is 2.54. The molecule has 14 heavy (non-hydrogen) atoms. The van der Waals surface area contributed by atoms with E-state index in [0.29, 0.717) is 18.9 Å². The highest BCUT2D eigenvalue weighted by Crippen LogP contribution is 2.21. The lowest BCUT2D eigenvalue weighted by Gasteiger charge is -2.34. The van der Waals surface area contributed by atoms with Crippen molar-refractivity contribution in [2.24, 2.45) is 0 Å². The molecule has 2 amide bonds. The summed E-state index contributed by atoms with van der Waals surface area (Å²) in [5.41, 5.74) is 0. The van der Waals surface area contributed by atoms with Crippen molar-refractivity contribution in [1.29, 1.82) is 0 Å². The molecular weight excluding hydrogens is 180 g/mol. The van der Waals surface area contributed by atoms with Crippen LogP contribution in [0.2, 0.25) is 0 Å². The van der Waals surface area contributed by atoms with Gasteiger partial charge >= 0.3 is 0 Å². The second-order valence-corrected chi connectivity index (χ2v) is 4.18. The number of nitrogens with zero attached hydrogens (tertiary/aromatic N) is 1. The van der Waals surface area contributed by atoms with Gasteiger partial charge in [-0.15, -0.1) is 0 Å². The van der Waals surface area contributed by atoms with Crippen LogP contribution in [-0.4, -0.2) is 35.8 Å². The zero-order chi connectivity index (χ0) is 10.1. The van der Waals surface area contributed by atoms with Gasteiger partial charge in [-0.25, -0.2) is 0 Å². The van der Waals surface area contributed by atoms with E-state index in [1.54, 1.807) is 7.05 Å². The molecule has 1 heterocycles. The summed E-state index contributed by atoms with van der Waals surface area (Å²) in [4.78, 5) is 24.1. The normalized spacial score (nSPS) is 29.2. The average molecular weight is 196 g/mol.